The summed E-state index contributed by atoms with van der Waals surface area (Å²) in [5.74, 6) is 0.375. The predicted molar refractivity (Wildman–Crippen MR) is 105 cm³/mol. The molecule has 1 aliphatic rings. The van der Waals surface area contributed by atoms with E-state index in [1.54, 1.807) is 11.0 Å². The van der Waals surface area contributed by atoms with Crippen molar-refractivity contribution in [2.75, 3.05) is 40.4 Å². The normalized spacial score (nSPS) is 15.2. The molecule has 1 aromatic carbocycles. The van der Waals surface area contributed by atoms with Gasteiger partial charge in [-0.1, -0.05) is 0 Å². The Bertz CT molecular complexity index is 1020. The topological polar surface area (TPSA) is 109 Å². The second kappa shape index (κ2) is 8.26. The maximum atomic E-state index is 13.0. The van der Waals surface area contributed by atoms with Crippen LogP contribution in [-0.2, 0) is 10.0 Å². The van der Waals surface area contributed by atoms with Crippen molar-refractivity contribution in [3.05, 3.63) is 41.7 Å². The molecule has 0 unspecified atom stereocenters. The van der Waals surface area contributed by atoms with Gasteiger partial charge in [0.2, 0.25) is 10.0 Å². The van der Waals surface area contributed by atoms with Crippen LogP contribution in [0.25, 0.3) is 0 Å². The number of carbonyl (C=O) groups is 2. The van der Waals surface area contributed by atoms with Gasteiger partial charge in [-0.05, 0) is 25.1 Å². The van der Waals surface area contributed by atoms with Crippen LogP contribution in [0.2, 0.25) is 0 Å². The Morgan fingerprint density at radius 2 is 1.66 bits per heavy atom. The predicted octanol–water partition coefficient (Wildman–Crippen LogP) is 1.38. The molecule has 3 rings (SSSR count). The number of nitrogens with zero attached hydrogens (tertiary/aromatic N) is 2. The lowest BCUT2D eigenvalue weighted by Crippen LogP contribution is -2.50. The number of H-pyrrole nitrogens is 1. The molecule has 156 valence electrons. The number of ether oxygens (including phenoxy) is 2. The van der Waals surface area contributed by atoms with Crippen LogP contribution < -0.4 is 9.47 Å². The van der Waals surface area contributed by atoms with E-state index < -0.39 is 10.0 Å². The summed E-state index contributed by atoms with van der Waals surface area (Å²) in [5.41, 5.74) is 0.745. The van der Waals surface area contributed by atoms with E-state index >= 15 is 0 Å². The van der Waals surface area contributed by atoms with E-state index in [1.165, 1.54) is 49.8 Å². The zero-order chi connectivity index (χ0) is 21.2. The maximum absolute atomic E-state index is 13.0. The Morgan fingerprint density at radius 3 is 2.21 bits per heavy atom. The number of carbonyl (C=O) groups excluding carboxylic acids is 2. The zero-order valence-electron chi connectivity index (χ0n) is 16.5. The maximum Gasteiger partial charge on any atom is 0.270 e. The van der Waals surface area contributed by atoms with Gasteiger partial charge in [-0.2, -0.15) is 4.31 Å². The first-order valence-electron chi connectivity index (χ1n) is 8.98. The number of ketones is 1. The summed E-state index contributed by atoms with van der Waals surface area (Å²) in [5, 5.41) is 0. The van der Waals surface area contributed by atoms with Crippen molar-refractivity contribution < 1.29 is 27.5 Å². The third kappa shape index (κ3) is 4.13. The summed E-state index contributed by atoms with van der Waals surface area (Å²) >= 11 is 0. The van der Waals surface area contributed by atoms with Gasteiger partial charge in [0.15, 0.2) is 17.3 Å². The van der Waals surface area contributed by atoms with Gasteiger partial charge in [-0.25, -0.2) is 8.42 Å². The number of methoxy groups -OCH3 is 2. The van der Waals surface area contributed by atoms with Gasteiger partial charge in [0.1, 0.15) is 5.69 Å². The number of piperazine rings is 1. The minimum atomic E-state index is -3.73. The van der Waals surface area contributed by atoms with Crippen molar-refractivity contribution in [1.82, 2.24) is 14.2 Å². The van der Waals surface area contributed by atoms with Crippen molar-refractivity contribution in [2.24, 2.45) is 0 Å². The highest BCUT2D eigenvalue weighted by atomic mass is 32.2. The SMILES string of the molecule is COc1ccc(S(=O)(=O)N2CCN(C(=O)c3cc(C(C)=O)c[nH]3)CC2)cc1OC. The van der Waals surface area contributed by atoms with Crippen molar-refractivity contribution in [1.29, 1.82) is 0 Å². The largest absolute Gasteiger partial charge is 0.493 e. The van der Waals surface area contributed by atoms with Crippen LogP contribution in [0.1, 0.15) is 27.8 Å². The summed E-state index contributed by atoms with van der Waals surface area (Å²) in [6.45, 7) is 2.26. The number of aromatic amines is 1. The van der Waals surface area contributed by atoms with E-state index in [0.29, 0.717) is 22.8 Å². The van der Waals surface area contributed by atoms with E-state index in [1.807, 2.05) is 0 Å². The van der Waals surface area contributed by atoms with Crippen LogP contribution in [-0.4, -0.2) is 74.7 Å². The molecule has 1 aromatic heterocycles. The minimum absolute atomic E-state index is 0.102. The lowest BCUT2D eigenvalue weighted by atomic mass is 10.2. The Balaban J connectivity index is 1.70. The minimum Gasteiger partial charge on any atom is -0.493 e. The van der Waals surface area contributed by atoms with Crippen LogP contribution >= 0.6 is 0 Å². The van der Waals surface area contributed by atoms with Gasteiger partial charge < -0.3 is 19.4 Å². The van der Waals surface area contributed by atoms with Gasteiger partial charge >= 0.3 is 0 Å². The monoisotopic (exact) mass is 421 g/mol. The highest BCUT2D eigenvalue weighted by molar-refractivity contribution is 7.89. The van der Waals surface area contributed by atoms with Gasteiger partial charge in [0.25, 0.3) is 5.91 Å². The first-order valence-corrected chi connectivity index (χ1v) is 10.4. The Hall–Kier alpha value is -2.85. The van der Waals surface area contributed by atoms with Crippen LogP contribution in [0.4, 0.5) is 0 Å². The smallest absolute Gasteiger partial charge is 0.270 e. The molecule has 1 saturated heterocycles. The molecular weight excluding hydrogens is 398 g/mol. The Morgan fingerprint density at radius 1 is 1.00 bits per heavy atom. The molecule has 29 heavy (non-hydrogen) atoms. The third-order valence-corrected chi connectivity index (χ3v) is 6.73. The lowest BCUT2D eigenvalue weighted by Gasteiger charge is -2.33. The molecule has 2 heterocycles. The van der Waals surface area contributed by atoms with E-state index in [0.717, 1.165) is 0 Å². The van der Waals surface area contributed by atoms with Crippen LogP contribution in [0, 0.1) is 0 Å². The molecule has 0 radical (unpaired) electrons. The summed E-state index contributed by atoms with van der Waals surface area (Å²) < 4.78 is 37.6. The number of benzene rings is 1. The number of rotatable bonds is 6. The number of amides is 1. The second-order valence-electron chi connectivity index (χ2n) is 6.57. The Kier molecular flexibility index (Phi) is 5.94. The summed E-state index contributed by atoms with van der Waals surface area (Å²) in [6, 6.07) is 5.95. The van der Waals surface area contributed by atoms with Crippen molar-refractivity contribution in [2.45, 2.75) is 11.8 Å². The van der Waals surface area contributed by atoms with Gasteiger partial charge in [-0.3, -0.25) is 9.59 Å². The molecule has 0 spiro atoms. The molecule has 1 fully saturated rings. The van der Waals surface area contributed by atoms with Crippen molar-refractivity contribution in [3.8, 4) is 11.5 Å². The van der Waals surface area contributed by atoms with Crippen LogP contribution in [0.3, 0.4) is 0 Å². The average Bonchev–Trinajstić information content (AvgIpc) is 3.23. The first kappa shape index (κ1) is 20.9. The standard InChI is InChI=1S/C19H23N3O6S/c1-13(23)14-10-16(20-12-14)19(24)21-6-8-22(9-7-21)29(25,26)15-4-5-17(27-2)18(11-15)28-3/h4-5,10-12,20H,6-9H2,1-3H3. The fourth-order valence-corrected chi connectivity index (χ4v) is 4.59. The number of nitrogens with one attached hydrogen (secondary N) is 1. The van der Waals surface area contributed by atoms with Gasteiger partial charge in [-0.15, -0.1) is 0 Å². The molecule has 0 atom stereocenters. The summed E-state index contributed by atoms with van der Waals surface area (Å²) in [6.07, 6.45) is 1.49. The molecule has 9 nitrogen and oxygen atoms in total. The molecular formula is C19H23N3O6S. The lowest BCUT2D eigenvalue weighted by molar-refractivity contribution is 0.0692. The molecule has 1 N–H and O–H groups in total. The van der Waals surface area contributed by atoms with Crippen molar-refractivity contribution in [3.63, 3.8) is 0 Å². The average molecular weight is 421 g/mol. The second-order valence-corrected chi connectivity index (χ2v) is 8.51. The number of hydrogen-bond acceptors (Lipinski definition) is 6. The highest BCUT2D eigenvalue weighted by Gasteiger charge is 2.31. The molecule has 1 amide bonds. The van der Waals surface area contributed by atoms with Crippen LogP contribution in [0.5, 0.6) is 11.5 Å². The first-order chi connectivity index (χ1) is 13.8. The van der Waals surface area contributed by atoms with E-state index in [2.05, 4.69) is 4.98 Å². The molecule has 2 aromatic rings. The summed E-state index contributed by atoms with van der Waals surface area (Å²) in [7, 11) is -0.814. The van der Waals surface area contributed by atoms with E-state index in [4.69, 9.17) is 9.47 Å². The number of Topliss-reactive ketones (excluding diaryl/α,β-unsaturated/α-hetero) is 1. The molecule has 1 aliphatic heterocycles. The number of sulfonamides is 1. The van der Waals surface area contributed by atoms with Gasteiger partial charge in [0, 0.05) is 44.0 Å². The zero-order valence-corrected chi connectivity index (χ0v) is 17.3. The summed E-state index contributed by atoms with van der Waals surface area (Å²) in [4.78, 5) is 28.5. The van der Waals surface area contributed by atoms with E-state index in [9.17, 15) is 18.0 Å². The Labute approximate surface area is 169 Å². The number of aromatic nitrogens is 1. The fourth-order valence-electron chi connectivity index (χ4n) is 3.15. The molecule has 0 bridgehead atoms. The fraction of sp³-hybridized carbons (Fsp3) is 0.368. The van der Waals surface area contributed by atoms with Gasteiger partial charge in [0.05, 0.1) is 19.1 Å². The van der Waals surface area contributed by atoms with Crippen LogP contribution in [0.15, 0.2) is 35.4 Å². The quantitative estimate of drug-likeness (QED) is 0.706. The van der Waals surface area contributed by atoms with Crippen molar-refractivity contribution >= 4 is 21.7 Å². The number of hydrogen-bond donors (Lipinski definition) is 1. The van der Waals surface area contributed by atoms with E-state index in [-0.39, 0.29) is 42.8 Å². The molecule has 0 saturated carbocycles. The highest BCUT2D eigenvalue weighted by Crippen LogP contribution is 2.31. The third-order valence-electron chi connectivity index (χ3n) is 4.84. The molecule has 10 heteroatoms. The molecule has 0 aliphatic carbocycles.